The molecule has 5 nitrogen and oxygen atoms in total. The Morgan fingerprint density at radius 2 is 2.00 bits per heavy atom. The van der Waals surface area contributed by atoms with Gasteiger partial charge < -0.3 is 15.0 Å². The van der Waals surface area contributed by atoms with Gasteiger partial charge in [0.15, 0.2) is 0 Å². The number of nitrogens with one attached hydrogen (secondary N) is 1. The van der Waals surface area contributed by atoms with Gasteiger partial charge in [0.2, 0.25) is 11.8 Å². The molecular formula is C17H22N2O3. The van der Waals surface area contributed by atoms with E-state index in [9.17, 15) is 9.59 Å². The molecule has 1 spiro atoms. The summed E-state index contributed by atoms with van der Waals surface area (Å²) in [5, 5.41) is 3.03. The van der Waals surface area contributed by atoms with Crippen LogP contribution in [0.15, 0.2) is 30.3 Å². The zero-order chi connectivity index (χ0) is 15.6. The minimum Gasteiger partial charge on any atom is -0.375 e. The summed E-state index contributed by atoms with van der Waals surface area (Å²) >= 11 is 0. The number of nitrogens with zero attached hydrogens (tertiary/aromatic N) is 1. The summed E-state index contributed by atoms with van der Waals surface area (Å²) in [6.45, 7) is 2.05. The van der Waals surface area contributed by atoms with Crippen LogP contribution in [0.25, 0.3) is 0 Å². The largest absolute Gasteiger partial charge is 0.375 e. The highest BCUT2D eigenvalue weighted by molar-refractivity contribution is 5.87. The van der Waals surface area contributed by atoms with E-state index in [4.69, 9.17) is 4.74 Å². The molecule has 5 heteroatoms. The molecule has 2 amide bonds. The second-order valence-corrected chi connectivity index (χ2v) is 6.14. The Morgan fingerprint density at radius 1 is 1.32 bits per heavy atom. The van der Waals surface area contributed by atoms with Crippen LogP contribution in [-0.2, 0) is 14.3 Å². The molecule has 1 N–H and O–H groups in total. The number of amides is 2. The van der Waals surface area contributed by atoms with E-state index in [1.54, 1.807) is 0 Å². The molecule has 2 aliphatic heterocycles. The first-order valence-corrected chi connectivity index (χ1v) is 7.77. The van der Waals surface area contributed by atoms with Gasteiger partial charge in [-0.1, -0.05) is 30.3 Å². The number of benzene rings is 1. The molecule has 1 aromatic carbocycles. The molecule has 0 aromatic heterocycles. The highest BCUT2D eigenvalue weighted by Crippen LogP contribution is 2.47. The number of rotatable bonds is 3. The van der Waals surface area contributed by atoms with Crippen LogP contribution in [0.5, 0.6) is 0 Å². The van der Waals surface area contributed by atoms with Crippen LogP contribution in [0.3, 0.4) is 0 Å². The minimum atomic E-state index is -0.370. The van der Waals surface area contributed by atoms with Gasteiger partial charge >= 0.3 is 0 Å². The van der Waals surface area contributed by atoms with Crippen molar-refractivity contribution in [2.45, 2.75) is 18.8 Å². The van der Waals surface area contributed by atoms with Crippen molar-refractivity contribution < 1.29 is 14.3 Å². The smallest absolute Gasteiger partial charge is 0.248 e. The quantitative estimate of drug-likeness (QED) is 0.911. The summed E-state index contributed by atoms with van der Waals surface area (Å²) < 4.78 is 4.91. The zero-order valence-electron chi connectivity index (χ0n) is 12.9. The fourth-order valence-electron chi connectivity index (χ4n) is 3.79. The molecule has 2 aliphatic rings. The summed E-state index contributed by atoms with van der Waals surface area (Å²) in [5.74, 6) is 0.341. The van der Waals surface area contributed by atoms with Gasteiger partial charge in [-0.25, -0.2) is 0 Å². The van der Waals surface area contributed by atoms with Crippen LogP contribution in [-0.4, -0.2) is 50.1 Å². The standard InChI is InChI=1S/C17H22N2O3/c1-22-12-15(20)19-9-7-17(8-10-19)14(11-18-16(17)21)13-5-3-2-4-6-13/h2-6,14H,7-12H2,1H3,(H,18,21). The van der Waals surface area contributed by atoms with Crippen molar-refractivity contribution >= 4 is 11.8 Å². The SMILES string of the molecule is COCC(=O)N1CCC2(CC1)C(=O)NCC2c1ccccc1. The van der Waals surface area contributed by atoms with Crippen LogP contribution >= 0.6 is 0 Å². The molecule has 1 aromatic rings. The average molecular weight is 302 g/mol. The predicted octanol–water partition coefficient (Wildman–Crippen LogP) is 1.16. The molecule has 2 fully saturated rings. The van der Waals surface area contributed by atoms with Gasteiger partial charge in [0.05, 0.1) is 5.41 Å². The highest BCUT2D eigenvalue weighted by atomic mass is 16.5. The number of hydrogen-bond donors (Lipinski definition) is 1. The molecular weight excluding hydrogens is 280 g/mol. The van der Waals surface area contributed by atoms with E-state index in [1.165, 1.54) is 12.7 Å². The third-order valence-corrected chi connectivity index (χ3v) is 5.06. The molecule has 1 unspecified atom stereocenters. The van der Waals surface area contributed by atoms with Crippen molar-refractivity contribution in [2.24, 2.45) is 5.41 Å². The molecule has 0 aliphatic carbocycles. The second kappa shape index (κ2) is 6.08. The lowest BCUT2D eigenvalue weighted by Crippen LogP contribution is -2.48. The lowest BCUT2D eigenvalue weighted by molar-refractivity contribution is -0.141. The fourth-order valence-corrected chi connectivity index (χ4v) is 3.79. The van der Waals surface area contributed by atoms with E-state index in [1.807, 2.05) is 23.1 Å². The first kappa shape index (κ1) is 15.0. The molecule has 118 valence electrons. The van der Waals surface area contributed by atoms with Crippen molar-refractivity contribution in [3.63, 3.8) is 0 Å². The number of hydrogen-bond acceptors (Lipinski definition) is 3. The van der Waals surface area contributed by atoms with Gasteiger partial charge in [-0.05, 0) is 18.4 Å². The summed E-state index contributed by atoms with van der Waals surface area (Å²) in [7, 11) is 1.53. The normalized spacial score (nSPS) is 23.6. The number of piperidine rings is 1. The van der Waals surface area contributed by atoms with E-state index < -0.39 is 0 Å². The molecule has 2 saturated heterocycles. The number of likely N-dealkylation sites (tertiary alicyclic amines) is 1. The van der Waals surface area contributed by atoms with Crippen LogP contribution in [0.2, 0.25) is 0 Å². The molecule has 0 saturated carbocycles. The van der Waals surface area contributed by atoms with Gasteiger partial charge in [-0.2, -0.15) is 0 Å². The van der Waals surface area contributed by atoms with Crippen molar-refractivity contribution in [3.8, 4) is 0 Å². The molecule has 1 atom stereocenters. The zero-order valence-corrected chi connectivity index (χ0v) is 12.9. The lowest BCUT2D eigenvalue weighted by atomic mass is 9.68. The first-order valence-electron chi connectivity index (χ1n) is 7.77. The van der Waals surface area contributed by atoms with E-state index in [0.717, 1.165) is 0 Å². The summed E-state index contributed by atoms with van der Waals surface area (Å²) in [4.78, 5) is 26.2. The maximum atomic E-state index is 12.5. The van der Waals surface area contributed by atoms with Crippen molar-refractivity contribution in [1.82, 2.24) is 10.2 Å². The number of ether oxygens (including phenoxy) is 1. The van der Waals surface area contributed by atoms with E-state index in [0.29, 0.717) is 32.5 Å². The van der Waals surface area contributed by atoms with Crippen LogP contribution in [0.1, 0.15) is 24.3 Å². The molecule has 22 heavy (non-hydrogen) atoms. The van der Waals surface area contributed by atoms with E-state index in [-0.39, 0.29) is 29.8 Å². The fraction of sp³-hybridized carbons (Fsp3) is 0.529. The number of carbonyl (C=O) groups is 2. The third-order valence-electron chi connectivity index (χ3n) is 5.06. The Kier molecular flexibility index (Phi) is 4.16. The first-order chi connectivity index (χ1) is 10.7. The van der Waals surface area contributed by atoms with Crippen LogP contribution in [0, 0.1) is 5.41 Å². The molecule has 3 rings (SSSR count). The molecule has 0 bridgehead atoms. The molecule has 2 heterocycles. The van der Waals surface area contributed by atoms with Crippen LogP contribution < -0.4 is 5.32 Å². The average Bonchev–Trinajstić information content (AvgIpc) is 2.86. The number of methoxy groups -OCH3 is 1. The Morgan fingerprint density at radius 3 is 2.64 bits per heavy atom. The van der Waals surface area contributed by atoms with Crippen molar-refractivity contribution in [2.75, 3.05) is 33.4 Å². The van der Waals surface area contributed by atoms with Crippen LogP contribution in [0.4, 0.5) is 0 Å². The van der Waals surface area contributed by atoms with Crippen molar-refractivity contribution in [3.05, 3.63) is 35.9 Å². The Balaban J connectivity index is 1.77. The van der Waals surface area contributed by atoms with Gasteiger partial charge in [0.25, 0.3) is 0 Å². The van der Waals surface area contributed by atoms with E-state index >= 15 is 0 Å². The Bertz CT molecular complexity index is 550. The predicted molar refractivity (Wildman–Crippen MR) is 82.3 cm³/mol. The summed E-state index contributed by atoms with van der Waals surface area (Å²) in [5.41, 5.74) is 0.836. The maximum absolute atomic E-state index is 12.5. The maximum Gasteiger partial charge on any atom is 0.248 e. The van der Waals surface area contributed by atoms with Gasteiger partial charge in [0, 0.05) is 32.7 Å². The monoisotopic (exact) mass is 302 g/mol. The molecule has 0 radical (unpaired) electrons. The van der Waals surface area contributed by atoms with Crippen molar-refractivity contribution in [1.29, 1.82) is 0 Å². The lowest BCUT2D eigenvalue weighted by Gasteiger charge is -2.41. The van der Waals surface area contributed by atoms with E-state index in [2.05, 4.69) is 17.4 Å². The van der Waals surface area contributed by atoms with Gasteiger partial charge in [-0.3, -0.25) is 9.59 Å². The summed E-state index contributed by atoms with van der Waals surface area (Å²) in [6, 6.07) is 10.2. The third kappa shape index (κ3) is 2.50. The highest BCUT2D eigenvalue weighted by Gasteiger charge is 2.52. The number of carbonyl (C=O) groups excluding carboxylic acids is 2. The van der Waals surface area contributed by atoms with Gasteiger partial charge in [0.1, 0.15) is 6.61 Å². The minimum absolute atomic E-state index is 0.00650. The summed E-state index contributed by atoms with van der Waals surface area (Å²) in [6.07, 6.45) is 1.43. The topological polar surface area (TPSA) is 58.6 Å². The van der Waals surface area contributed by atoms with Gasteiger partial charge in [-0.15, -0.1) is 0 Å². The Hall–Kier alpha value is -1.88. The Labute approximate surface area is 130 Å². The second-order valence-electron chi connectivity index (χ2n) is 6.14.